The average Bonchev–Trinajstić information content (AvgIpc) is 2.52. The Balaban J connectivity index is 2.14. The van der Waals surface area contributed by atoms with Gasteiger partial charge in [-0.15, -0.1) is 0 Å². The highest BCUT2D eigenvalue weighted by atomic mass is 19.4. The highest BCUT2D eigenvalue weighted by Crippen LogP contribution is 2.30. The topological polar surface area (TPSA) is 38.0 Å². The van der Waals surface area contributed by atoms with Crippen LogP contribution in [0.4, 0.5) is 17.6 Å². The van der Waals surface area contributed by atoms with E-state index in [0.29, 0.717) is 12.5 Å². The van der Waals surface area contributed by atoms with Gasteiger partial charge in [0.15, 0.2) is 0 Å². The lowest BCUT2D eigenvalue weighted by Crippen LogP contribution is -2.23. The van der Waals surface area contributed by atoms with Gasteiger partial charge >= 0.3 is 6.18 Å². The number of aryl methyl sites for hydroxylation is 1. The largest absolute Gasteiger partial charge is 0.416 e. The van der Waals surface area contributed by atoms with Crippen molar-refractivity contribution >= 4 is 0 Å². The zero-order valence-corrected chi connectivity index (χ0v) is 14.7. The number of hydrogen-bond acceptors (Lipinski definition) is 2. The molecule has 0 aliphatic carbocycles. The third-order valence-corrected chi connectivity index (χ3v) is 3.97. The van der Waals surface area contributed by atoms with Gasteiger partial charge in [-0.05, 0) is 48.7 Å². The summed E-state index contributed by atoms with van der Waals surface area (Å²) < 4.78 is 51.9. The van der Waals surface area contributed by atoms with Crippen molar-refractivity contribution in [3.63, 3.8) is 0 Å². The molecular weight excluding hydrogens is 344 g/mol. The van der Waals surface area contributed by atoms with Crippen LogP contribution in [-0.4, -0.2) is 13.1 Å². The van der Waals surface area contributed by atoms with Gasteiger partial charge in [0.2, 0.25) is 0 Å². The number of allylic oxidation sites excluding steroid dienone is 1. The lowest BCUT2D eigenvalue weighted by atomic mass is 10.0. The number of benzene rings is 2. The van der Waals surface area contributed by atoms with Crippen LogP contribution in [0.5, 0.6) is 0 Å². The normalized spacial score (nSPS) is 13.6. The Labute approximate surface area is 150 Å². The van der Waals surface area contributed by atoms with E-state index < -0.39 is 23.6 Å². The third-order valence-electron chi connectivity index (χ3n) is 3.97. The van der Waals surface area contributed by atoms with E-state index in [1.807, 2.05) is 25.1 Å². The SMILES string of the molecule is CN/C(=C\C(N)Cc1cc(F)cc(C(F)(F)F)c1)Cc1cccc(C)c1. The first-order valence-corrected chi connectivity index (χ1v) is 8.23. The molecule has 1 atom stereocenters. The summed E-state index contributed by atoms with van der Waals surface area (Å²) in [5, 5.41) is 3.06. The van der Waals surface area contributed by atoms with Crippen LogP contribution < -0.4 is 11.1 Å². The van der Waals surface area contributed by atoms with Gasteiger partial charge in [-0.2, -0.15) is 13.2 Å². The van der Waals surface area contributed by atoms with E-state index >= 15 is 0 Å². The molecule has 2 rings (SSSR count). The number of nitrogens with one attached hydrogen (secondary N) is 1. The summed E-state index contributed by atoms with van der Waals surface area (Å²) in [6.07, 6.45) is -2.08. The van der Waals surface area contributed by atoms with Gasteiger partial charge in [-0.25, -0.2) is 4.39 Å². The minimum atomic E-state index is -4.59. The maximum Gasteiger partial charge on any atom is 0.416 e. The average molecular weight is 366 g/mol. The summed E-state index contributed by atoms with van der Waals surface area (Å²) in [7, 11) is 1.76. The molecule has 0 radical (unpaired) electrons. The molecular formula is C20H22F4N2. The fraction of sp³-hybridized carbons (Fsp3) is 0.300. The molecule has 0 spiro atoms. The van der Waals surface area contributed by atoms with Crippen molar-refractivity contribution in [3.05, 3.63) is 82.3 Å². The molecule has 26 heavy (non-hydrogen) atoms. The first kappa shape index (κ1) is 20.0. The van der Waals surface area contributed by atoms with E-state index in [1.54, 1.807) is 13.1 Å². The number of likely N-dealkylation sites (N-methyl/N-ethyl adjacent to an activating group) is 1. The second-order valence-electron chi connectivity index (χ2n) is 6.32. The molecule has 2 nitrogen and oxygen atoms in total. The fourth-order valence-corrected chi connectivity index (χ4v) is 2.79. The van der Waals surface area contributed by atoms with Crippen LogP contribution in [-0.2, 0) is 19.0 Å². The van der Waals surface area contributed by atoms with Crippen molar-refractivity contribution in [2.24, 2.45) is 5.73 Å². The van der Waals surface area contributed by atoms with Crippen molar-refractivity contribution in [2.75, 3.05) is 7.05 Å². The molecule has 140 valence electrons. The van der Waals surface area contributed by atoms with Crippen LogP contribution in [0.3, 0.4) is 0 Å². The first-order chi connectivity index (χ1) is 12.2. The summed E-state index contributed by atoms with van der Waals surface area (Å²) in [5.41, 5.74) is 8.36. The van der Waals surface area contributed by atoms with Crippen molar-refractivity contribution in [2.45, 2.75) is 32.0 Å². The van der Waals surface area contributed by atoms with Crippen LogP contribution in [0.15, 0.2) is 54.2 Å². The van der Waals surface area contributed by atoms with Gasteiger partial charge in [0.25, 0.3) is 0 Å². The van der Waals surface area contributed by atoms with Crippen LogP contribution in [0, 0.1) is 12.7 Å². The van der Waals surface area contributed by atoms with Gasteiger partial charge in [0.05, 0.1) is 5.56 Å². The molecule has 0 saturated carbocycles. The van der Waals surface area contributed by atoms with Gasteiger partial charge in [0, 0.05) is 25.2 Å². The number of halogens is 4. The maximum absolute atomic E-state index is 13.5. The van der Waals surface area contributed by atoms with Crippen molar-refractivity contribution in [1.29, 1.82) is 0 Å². The van der Waals surface area contributed by atoms with Crippen LogP contribution in [0.2, 0.25) is 0 Å². The molecule has 3 N–H and O–H groups in total. The van der Waals surface area contributed by atoms with Crippen molar-refractivity contribution in [1.82, 2.24) is 5.32 Å². The molecule has 0 bridgehead atoms. The number of nitrogens with two attached hydrogens (primary N) is 1. The predicted molar refractivity (Wildman–Crippen MR) is 95.1 cm³/mol. The van der Waals surface area contributed by atoms with Crippen molar-refractivity contribution < 1.29 is 17.6 Å². The van der Waals surface area contributed by atoms with Gasteiger partial charge in [-0.3, -0.25) is 0 Å². The maximum atomic E-state index is 13.5. The van der Waals surface area contributed by atoms with Gasteiger partial charge in [0.1, 0.15) is 5.82 Å². The Bertz CT molecular complexity index is 782. The van der Waals surface area contributed by atoms with E-state index in [-0.39, 0.29) is 12.0 Å². The van der Waals surface area contributed by atoms with Crippen LogP contribution in [0.25, 0.3) is 0 Å². The zero-order valence-electron chi connectivity index (χ0n) is 14.7. The second kappa shape index (κ2) is 8.36. The quantitative estimate of drug-likeness (QED) is 0.745. The Morgan fingerprint density at radius 2 is 1.88 bits per heavy atom. The summed E-state index contributed by atoms with van der Waals surface area (Å²) in [6.45, 7) is 2.00. The lowest BCUT2D eigenvalue weighted by molar-refractivity contribution is -0.137. The molecule has 0 aliphatic heterocycles. The van der Waals surface area contributed by atoms with E-state index in [4.69, 9.17) is 5.73 Å². The Morgan fingerprint density at radius 3 is 2.50 bits per heavy atom. The van der Waals surface area contributed by atoms with E-state index in [9.17, 15) is 17.6 Å². The summed E-state index contributed by atoms with van der Waals surface area (Å²) >= 11 is 0. The lowest BCUT2D eigenvalue weighted by Gasteiger charge is -2.14. The van der Waals surface area contributed by atoms with Crippen LogP contribution >= 0.6 is 0 Å². The minimum Gasteiger partial charge on any atom is -0.391 e. The van der Waals surface area contributed by atoms with Crippen LogP contribution in [0.1, 0.15) is 22.3 Å². The molecule has 2 aromatic carbocycles. The Kier molecular flexibility index (Phi) is 6.42. The monoisotopic (exact) mass is 366 g/mol. The Hall–Kier alpha value is -2.34. The molecule has 2 aromatic rings. The minimum absolute atomic E-state index is 0.111. The first-order valence-electron chi connectivity index (χ1n) is 8.23. The molecule has 0 aromatic heterocycles. The Morgan fingerprint density at radius 1 is 1.15 bits per heavy atom. The zero-order chi connectivity index (χ0) is 19.3. The summed E-state index contributed by atoms with van der Waals surface area (Å²) in [4.78, 5) is 0. The number of rotatable bonds is 6. The molecule has 0 saturated heterocycles. The molecule has 1 unspecified atom stereocenters. The predicted octanol–water partition coefficient (Wildman–Crippen LogP) is 4.37. The second-order valence-corrected chi connectivity index (χ2v) is 6.32. The molecule has 0 heterocycles. The smallest absolute Gasteiger partial charge is 0.391 e. The standard InChI is InChI=1S/C20H22F4N2/c1-13-4-3-5-14(6-13)10-19(26-2)12-18(25)9-15-7-16(20(22,23)24)11-17(21)8-15/h3-8,11-12,18,26H,9-10,25H2,1-2H3/b19-12-. The van der Waals surface area contributed by atoms with Gasteiger partial charge in [-0.1, -0.05) is 29.8 Å². The highest BCUT2D eigenvalue weighted by molar-refractivity contribution is 5.29. The van der Waals surface area contributed by atoms with Gasteiger partial charge < -0.3 is 11.1 Å². The molecule has 0 amide bonds. The van der Waals surface area contributed by atoms with Crippen molar-refractivity contribution in [3.8, 4) is 0 Å². The highest BCUT2D eigenvalue weighted by Gasteiger charge is 2.31. The molecule has 0 fully saturated rings. The third kappa shape index (κ3) is 5.88. The molecule has 6 heteroatoms. The number of hydrogen-bond donors (Lipinski definition) is 2. The molecule has 0 aliphatic rings. The van der Waals surface area contributed by atoms with E-state index in [2.05, 4.69) is 11.4 Å². The number of alkyl halides is 3. The van der Waals surface area contributed by atoms with E-state index in [0.717, 1.165) is 29.0 Å². The summed E-state index contributed by atoms with van der Waals surface area (Å²) in [6, 6.07) is 9.99. The summed E-state index contributed by atoms with van der Waals surface area (Å²) in [5.74, 6) is -0.917. The fourth-order valence-electron chi connectivity index (χ4n) is 2.79. The van der Waals surface area contributed by atoms with E-state index in [1.165, 1.54) is 0 Å².